The van der Waals surface area contributed by atoms with Crippen molar-refractivity contribution < 1.29 is 32.2 Å². The van der Waals surface area contributed by atoms with Crippen molar-refractivity contribution in [1.82, 2.24) is 0 Å². The van der Waals surface area contributed by atoms with E-state index < -0.39 is 24.7 Å². The molecule has 0 aromatic rings. The van der Waals surface area contributed by atoms with Gasteiger partial charge in [0.1, 0.15) is 0 Å². The third kappa shape index (κ3) is 23.0. The van der Waals surface area contributed by atoms with E-state index in [-0.39, 0.29) is 19.3 Å². The van der Waals surface area contributed by atoms with Crippen LogP contribution in [0.3, 0.4) is 0 Å². The fourth-order valence-electron chi connectivity index (χ4n) is 3.17. The van der Waals surface area contributed by atoms with Crippen LogP contribution in [-0.2, 0) is 19.1 Å². The quantitative estimate of drug-likeness (QED) is 0.148. The van der Waals surface area contributed by atoms with Crippen molar-refractivity contribution in [2.24, 2.45) is 0 Å². The maximum atomic E-state index is 11.9. The Labute approximate surface area is 180 Å². The molecule has 0 rings (SSSR count). The lowest BCUT2D eigenvalue weighted by Gasteiger charge is -2.08. The van der Waals surface area contributed by atoms with Crippen molar-refractivity contribution >= 4 is 11.9 Å². The molecular formula is C23H41F3O4. The lowest BCUT2D eigenvalue weighted by atomic mass is 10.0. The minimum atomic E-state index is -4.53. The first-order valence-electron chi connectivity index (χ1n) is 11.7. The first kappa shape index (κ1) is 28.7. The number of hydrogen-bond donors (Lipinski definition) is 0. The zero-order chi connectivity index (χ0) is 22.5. The van der Waals surface area contributed by atoms with Crippen LogP contribution in [0, 0.1) is 0 Å². The second kappa shape index (κ2) is 19.7. The molecule has 0 aliphatic carbocycles. The van der Waals surface area contributed by atoms with Crippen LogP contribution < -0.4 is 0 Å². The van der Waals surface area contributed by atoms with Gasteiger partial charge in [-0.2, -0.15) is 13.2 Å². The molecule has 30 heavy (non-hydrogen) atoms. The van der Waals surface area contributed by atoms with Crippen LogP contribution in [0.2, 0.25) is 0 Å². The Bertz CT molecular complexity index is 425. The van der Waals surface area contributed by atoms with E-state index in [1.165, 1.54) is 70.6 Å². The van der Waals surface area contributed by atoms with Crippen LogP contribution in [-0.4, -0.2) is 31.3 Å². The van der Waals surface area contributed by atoms with Gasteiger partial charge in [-0.15, -0.1) is 0 Å². The van der Waals surface area contributed by atoms with Gasteiger partial charge >= 0.3 is 18.1 Å². The highest BCUT2D eigenvalue weighted by Gasteiger charge is 2.29. The number of alkyl halides is 3. The summed E-state index contributed by atoms with van der Waals surface area (Å²) in [5.74, 6) is -1.37. The minimum Gasteiger partial charge on any atom is -0.466 e. The summed E-state index contributed by atoms with van der Waals surface area (Å²) in [4.78, 5) is 22.6. The van der Waals surface area contributed by atoms with Gasteiger partial charge in [-0.25, -0.2) is 0 Å². The molecule has 0 N–H and O–H groups in total. The second-order valence-electron chi connectivity index (χ2n) is 7.95. The minimum absolute atomic E-state index is 0.0136. The van der Waals surface area contributed by atoms with E-state index in [1.807, 2.05) is 0 Å². The van der Waals surface area contributed by atoms with Crippen LogP contribution in [0.5, 0.6) is 0 Å². The lowest BCUT2D eigenvalue weighted by molar-refractivity contribution is -0.186. The van der Waals surface area contributed by atoms with Crippen molar-refractivity contribution in [3.05, 3.63) is 0 Å². The summed E-state index contributed by atoms with van der Waals surface area (Å²) in [6.07, 6.45) is 13.0. The molecular weight excluding hydrogens is 397 g/mol. The van der Waals surface area contributed by atoms with E-state index >= 15 is 0 Å². The van der Waals surface area contributed by atoms with E-state index in [0.717, 1.165) is 19.3 Å². The van der Waals surface area contributed by atoms with E-state index in [4.69, 9.17) is 4.74 Å². The maximum Gasteiger partial charge on any atom is 0.422 e. The fraction of sp³-hybridized carbons (Fsp3) is 0.913. The van der Waals surface area contributed by atoms with E-state index in [2.05, 4.69) is 11.7 Å². The van der Waals surface area contributed by atoms with Crippen LogP contribution in [0.4, 0.5) is 13.2 Å². The molecule has 0 bridgehead atoms. The van der Waals surface area contributed by atoms with Crippen LogP contribution in [0.15, 0.2) is 0 Å². The van der Waals surface area contributed by atoms with Gasteiger partial charge in [-0.1, -0.05) is 90.4 Å². The monoisotopic (exact) mass is 438 g/mol. The number of ether oxygens (including phenoxy) is 2. The van der Waals surface area contributed by atoms with Crippen molar-refractivity contribution in [1.29, 1.82) is 0 Å². The van der Waals surface area contributed by atoms with Crippen molar-refractivity contribution in [3.8, 4) is 0 Å². The van der Waals surface area contributed by atoms with Gasteiger partial charge in [-0.05, 0) is 12.8 Å². The number of rotatable bonds is 20. The molecule has 0 fully saturated rings. The Morgan fingerprint density at radius 3 is 1.43 bits per heavy atom. The van der Waals surface area contributed by atoms with Crippen LogP contribution in [0.1, 0.15) is 116 Å². The third-order valence-electron chi connectivity index (χ3n) is 4.92. The molecule has 0 saturated carbocycles. The van der Waals surface area contributed by atoms with Gasteiger partial charge in [-0.3, -0.25) is 9.59 Å². The summed E-state index contributed by atoms with van der Waals surface area (Å²) in [5.41, 5.74) is 0. The first-order valence-corrected chi connectivity index (χ1v) is 11.7. The molecule has 0 amide bonds. The van der Waals surface area contributed by atoms with Crippen LogP contribution >= 0.6 is 0 Å². The Hall–Kier alpha value is -1.27. The molecule has 0 heterocycles. The van der Waals surface area contributed by atoms with Crippen molar-refractivity contribution in [2.75, 3.05) is 13.2 Å². The predicted molar refractivity (Wildman–Crippen MR) is 112 cm³/mol. The Morgan fingerprint density at radius 1 is 0.600 bits per heavy atom. The molecule has 0 atom stereocenters. The van der Waals surface area contributed by atoms with E-state index in [1.54, 1.807) is 0 Å². The molecule has 178 valence electrons. The average molecular weight is 439 g/mol. The van der Waals surface area contributed by atoms with E-state index in [9.17, 15) is 22.8 Å². The molecule has 0 aromatic heterocycles. The second-order valence-corrected chi connectivity index (χ2v) is 7.95. The number of hydrogen-bond acceptors (Lipinski definition) is 4. The number of carbonyl (C=O) groups excluding carboxylic acids is 2. The summed E-state index contributed by atoms with van der Waals surface area (Å²) < 4.78 is 44.8. The highest BCUT2D eigenvalue weighted by Crippen LogP contribution is 2.15. The van der Waals surface area contributed by atoms with Gasteiger partial charge in [0.15, 0.2) is 6.61 Å². The van der Waals surface area contributed by atoms with Crippen LogP contribution in [0.25, 0.3) is 0 Å². The smallest absolute Gasteiger partial charge is 0.422 e. The number of unbranched alkanes of at least 4 members (excludes halogenated alkanes) is 13. The SMILES string of the molecule is CCCCCCCCCCCCCCCCOC(=O)CCCC(=O)OCC(F)(F)F. The lowest BCUT2D eigenvalue weighted by Crippen LogP contribution is -2.20. The zero-order valence-electron chi connectivity index (χ0n) is 18.7. The fourth-order valence-corrected chi connectivity index (χ4v) is 3.17. The zero-order valence-corrected chi connectivity index (χ0v) is 18.7. The van der Waals surface area contributed by atoms with E-state index in [0.29, 0.717) is 6.61 Å². The molecule has 7 heteroatoms. The summed E-state index contributed by atoms with van der Waals surface area (Å²) in [7, 11) is 0. The van der Waals surface area contributed by atoms with Gasteiger partial charge < -0.3 is 9.47 Å². The Morgan fingerprint density at radius 2 is 1.00 bits per heavy atom. The standard InChI is InChI=1S/C23H41F3O4/c1-2-3-4-5-6-7-8-9-10-11-12-13-14-15-19-29-21(27)17-16-18-22(28)30-20-23(24,25)26/h2-20H2,1H3. The normalized spacial score (nSPS) is 11.5. The van der Waals surface area contributed by atoms with Gasteiger partial charge in [0.25, 0.3) is 0 Å². The average Bonchev–Trinajstić information content (AvgIpc) is 2.69. The molecule has 0 radical (unpaired) electrons. The summed E-state index contributed by atoms with van der Waals surface area (Å²) >= 11 is 0. The van der Waals surface area contributed by atoms with Gasteiger partial charge in [0, 0.05) is 12.8 Å². The summed E-state index contributed by atoms with van der Waals surface area (Å²) in [6.45, 7) is 1.01. The Kier molecular flexibility index (Phi) is 18.8. The van der Waals surface area contributed by atoms with Crippen molar-refractivity contribution in [3.63, 3.8) is 0 Å². The highest BCUT2D eigenvalue weighted by atomic mass is 19.4. The molecule has 0 unspecified atom stereocenters. The molecule has 0 spiro atoms. The predicted octanol–water partition coefficient (Wildman–Crippen LogP) is 7.29. The number of carbonyl (C=O) groups is 2. The number of esters is 2. The first-order chi connectivity index (χ1) is 14.3. The topological polar surface area (TPSA) is 52.6 Å². The van der Waals surface area contributed by atoms with Gasteiger partial charge in [0.05, 0.1) is 6.61 Å². The Balaban J connectivity index is 3.29. The summed E-state index contributed by atoms with van der Waals surface area (Å²) in [6, 6.07) is 0. The largest absolute Gasteiger partial charge is 0.466 e. The third-order valence-corrected chi connectivity index (χ3v) is 4.92. The molecule has 0 aliphatic heterocycles. The molecule has 0 saturated heterocycles. The number of halogens is 3. The molecule has 0 aliphatic rings. The highest BCUT2D eigenvalue weighted by molar-refractivity contribution is 5.72. The maximum absolute atomic E-state index is 11.9. The van der Waals surface area contributed by atoms with Crippen molar-refractivity contribution in [2.45, 2.75) is 122 Å². The van der Waals surface area contributed by atoms with Gasteiger partial charge in [0.2, 0.25) is 0 Å². The molecule has 0 aromatic carbocycles. The summed E-state index contributed by atoms with van der Waals surface area (Å²) in [5, 5.41) is 0. The molecule has 4 nitrogen and oxygen atoms in total.